The van der Waals surface area contributed by atoms with Gasteiger partial charge in [-0.05, 0) is 88.0 Å². The predicted molar refractivity (Wildman–Crippen MR) is 85.0 cm³/mol. The van der Waals surface area contributed by atoms with E-state index in [-0.39, 0.29) is 11.9 Å². The summed E-state index contributed by atoms with van der Waals surface area (Å²) in [4.78, 5) is 10.9. The average Bonchev–Trinajstić information content (AvgIpc) is 2.86. The lowest BCUT2D eigenvalue weighted by atomic mass is 9.63. The molecule has 2 heteroatoms. The van der Waals surface area contributed by atoms with E-state index in [9.17, 15) is 4.79 Å². The van der Waals surface area contributed by atoms with Crippen molar-refractivity contribution in [2.75, 3.05) is 6.61 Å². The van der Waals surface area contributed by atoms with Crippen molar-refractivity contribution in [1.29, 1.82) is 0 Å². The summed E-state index contributed by atoms with van der Waals surface area (Å²) in [5.41, 5.74) is 0. The molecule has 21 heavy (non-hydrogen) atoms. The van der Waals surface area contributed by atoms with Gasteiger partial charge in [0.05, 0.1) is 12.7 Å². The Morgan fingerprint density at radius 2 is 1.86 bits per heavy atom. The first-order valence-corrected chi connectivity index (χ1v) is 8.92. The van der Waals surface area contributed by atoms with Crippen LogP contribution in [0.1, 0.15) is 58.8 Å². The SMILES string of the molecule is CC(=O)/C=C\C(C)OCC1CCC2CC3CCC(C3)C2C1. The minimum absolute atomic E-state index is 0.0637. The van der Waals surface area contributed by atoms with Crippen molar-refractivity contribution < 1.29 is 9.53 Å². The largest absolute Gasteiger partial charge is 0.374 e. The Morgan fingerprint density at radius 1 is 1.14 bits per heavy atom. The molecule has 0 aliphatic heterocycles. The van der Waals surface area contributed by atoms with E-state index >= 15 is 0 Å². The fraction of sp³-hybridized carbons (Fsp3) is 0.842. The van der Waals surface area contributed by atoms with E-state index in [0.717, 1.165) is 36.2 Å². The van der Waals surface area contributed by atoms with Gasteiger partial charge in [-0.1, -0.05) is 12.5 Å². The first-order chi connectivity index (χ1) is 10.1. The van der Waals surface area contributed by atoms with Crippen molar-refractivity contribution in [2.24, 2.45) is 29.6 Å². The van der Waals surface area contributed by atoms with Gasteiger partial charge in [0.15, 0.2) is 5.78 Å². The second-order valence-electron chi connectivity index (χ2n) is 7.79. The molecule has 2 nitrogen and oxygen atoms in total. The molecule has 3 aliphatic rings. The Kier molecular flexibility index (Phi) is 4.83. The maximum absolute atomic E-state index is 10.9. The number of hydrogen-bond acceptors (Lipinski definition) is 2. The Morgan fingerprint density at radius 3 is 2.57 bits per heavy atom. The normalized spacial score (nSPS) is 40.2. The molecule has 3 saturated carbocycles. The minimum atomic E-state index is 0.0637. The molecule has 0 aromatic rings. The third-order valence-corrected chi connectivity index (χ3v) is 6.18. The monoisotopic (exact) mass is 290 g/mol. The molecule has 0 aromatic carbocycles. The van der Waals surface area contributed by atoms with Gasteiger partial charge in [0, 0.05) is 0 Å². The number of allylic oxidation sites excluding steroid dienone is 1. The summed E-state index contributed by atoms with van der Waals surface area (Å²) in [7, 11) is 0. The molecule has 3 aliphatic carbocycles. The van der Waals surface area contributed by atoms with Crippen LogP contribution >= 0.6 is 0 Å². The average molecular weight is 290 g/mol. The van der Waals surface area contributed by atoms with Crippen LogP contribution in [0.4, 0.5) is 0 Å². The summed E-state index contributed by atoms with van der Waals surface area (Å²) in [5.74, 6) is 4.98. The number of carbonyl (C=O) groups excluding carboxylic acids is 1. The van der Waals surface area contributed by atoms with Crippen LogP contribution < -0.4 is 0 Å². The molecule has 0 radical (unpaired) electrons. The topological polar surface area (TPSA) is 26.3 Å². The van der Waals surface area contributed by atoms with E-state index in [0.29, 0.717) is 0 Å². The van der Waals surface area contributed by atoms with Gasteiger partial charge in [0.2, 0.25) is 0 Å². The van der Waals surface area contributed by atoms with Crippen LogP contribution in [0.25, 0.3) is 0 Å². The van der Waals surface area contributed by atoms with Gasteiger partial charge < -0.3 is 4.74 Å². The lowest BCUT2D eigenvalue weighted by Crippen LogP contribution is -2.35. The molecule has 6 unspecified atom stereocenters. The highest BCUT2D eigenvalue weighted by atomic mass is 16.5. The number of hydrogen-bond donors (Lipinski definition) is 0. The summed E-state index contributed by atoms with van der Waals surface area (Å²) in [5, 5.41) is 0. The summed E-state index contributed by atoms with van der Waals surface area (Å²) >= 11 is 0. The van der Waals surface area contributed by atoms with Gasteiger partial charge in [-0.2, -0.15) is 0 Å². The van der Waals surface area contributed by atoms with Gasteiger partial charge in [-0.25, -0.2) is 0 Å². The lowest BCUT2D eigenvalue weighted by molar-refractivity contribution is -0.112. The van der Waals surface area contributed by atoms with E-state index in [2.05, 4.69) is 0 Å². The molecular weight excluding hydrogens is 260 g/mol. The Hall–Kier alpha value is -0.630. The predicted octanol–water partition coefficient (Wildman–Crippen LogP) is 4.39. The number of carbonyl (C=O) groups is 1. The highest BCUT2D eigenvalue weighted by Gasteiger charge is 2.44. The van der Waals surface area contributed by atoms with Crippen LogP contribution in [0.5, 0.6) is 0 Å². The Balaban J connectivity index is 1.46. The van der Waals surface area contributed by atoms with Crippen molar-refractivity contribution in [2.45, 2.75) is 64.9 Å². The second kappa shape index (κ2) is 6.64. The van der Waals surface area contributed by atoms with Crippen molar-refractivity contribution in [3.05, 3.63) is 12.2 Å². The van der Waals surface area contributed by atoms with Crippen LogP contribution in [0.15, 0.2) is 12.2 Å². The zero-order valence-corrected chi connectivity index (χ0v) is 13.6. The molecule has 118 valence electrons. The van der Waals surface area contributed by atoms with Gasteiger partial charge in [-0.15, -0.1) is 0 Å². The number of rotatable bonds is 5. The number of ketones is 1. The van der Waals surface area contributed by atoms with Gasteiger partial charge in [0.1, 0.15) is 0 Å². The van der Waals surface area contributed by atoms with Crippen molar-refractivity contribution in [3.8, 4) is 0 Å². The Bertz CT molecular complexity index is 400. The molecule has 0 aromatic heterocycles. The molecule has 0 spiro atoms. The molecule has 3 fully saturated rings. The van der Waals surface area contributed by atoms with Crippen LogP contribution in [0.3, 0.4) is 0 Å². The summed E-state index contributed by atoms with van der Waals surface area (Å²) in [6, 6.07) is 0. The van der Waals surface area contributed by atoms with E-state index < -0.39 is 0 Å². The summed E-state index contributed by atoms with van der Waals surface area (Å²) < 4.78 is 5.95. The van der Waals surface area contributed by atoms with Crippen molar-refractivity contribution >= 4 is 5.78 Å². The molecule has 0 amide bonds. The fourth-order valence-electron chi connectivity index (χ4n) is 5.14. The van der Waals surface area contributed by atoms with Crippen molar-refractivity contribution in [1.82, 2.24) is 0 Å². The van der Waals surface area contributed by atoms with Gasteiger partial charge in [-0.3, -0.25) is 4.79 Å². The maximum Gasteiger partial charge on any atom is 0.152 e. The second-order valence-corrected chi connectivity index (χ2v) is 7.79. The molecule has 0 N–H and O–H groups in total. The van der Waals surface area contributed by atoms with Crippen LogP contribution in [-0.4, -0.2) is 18.5 Å². The Labute approximate surface area is 129 Å². The highest BCUT2D eigenvalue weighted by molar-refractivity contribution is 5.87. The molecule has 0 saturated heterocycles. The zero-order chi connectivity index (χ0) is 14.8. The third-order valence-electron chi connectivity index (χ3n) is 6.18. The molecule has 3 rings (SSSR count). The van der Waals surface area contributed by atoms with Crippen LogP contribution in [-0.2, 0) is 9.53 Å². The summed E-state index contributed by atoms with van der Waals surface area (Å²) in [6.07, 6.45) is 13.8. The maximum atomic E-state index is 10.9. The lowest BCUT2D eigenvalue weighted by Gasteiger charge is -2.43. The standard InChI is InChI=1S/C19H30O2/c1-13(20)3-4-14(2)21-12-16-6-8-18-10-15-5-7-17(9-15)19(18)11-16/h3-4,14-19H,5-12H2,1-2H3/b4-3-. The quantitative estimate of drug-likeness (QED) is 0.702. The first-order valence-electron chi connectivity index (χ1n) is 8.92. The first kappa shape index (κ1) is 15.3. The van der Waals surface area contributed by atoms with E-state index in [1.54, 1.807) is 13.0 Å². The molecule has 0 heterocycles. The van der Waals surface area contributed by atoms with E-state index in [1.807, 2.05) is 13.0 Å². The van der Waals surface area contributed by atoms with Gasteiger partial charge >= 0.3 is 0 Å². The van der Waals surface area contributed by atoms with Crippen LogP contribution in [0.2, 0.25) is 0 Å². The van der Waals surface area contributed by atoms with E-state index in [4.69, 9.17) is 4.74 Å². The number of ether oxygens (including phenoxy) is 1. The van der Waals surface area contributed by atoms with Crippen molar-refractivity contribution in [3.63, 3.8) is 0 Å². The molecular formula is C19H30O2. The molecule has 6 atom stereocenters. The smallest absolute Gasteiger partial charge is 0.152 e. The zero-order valence-electron chi connectivity index (χ0n) is 13.6. The van der Waals surface area contributed by atoms with Gasteiger partial charge in [0.25, 0.3) is 0 Å². The molecule has 2 bridgehead atoms. The fourth-order valence-corrected chi connectivity index (χ4v) is 5.14. The van der Waals surface area contributed by atoms with Crippen LogP contribution in [0, 0.1) is 29.6 Å². The number of fused-ring (bicyclic) bond motifs is 4. The minimum Gasteiger partial charge on any atom is -0.374 e. The van der Waals surface area contributed by atoms with E-state index in [1.165, 1.54) is 44.9 Å². The summed E-state index contributed by atoms with van der Waals surface area (Å²) in [6.45, 7) is 4.50. The third kappa shape index (κ3) is 3.77. The highest BCUT2D eigenvalue weighted by Crippen LogP contribution is 2.54.